The SMILES string of the molecule is COc1cccc2[nH]c(C(=O)N[C@@H](Cc3ccccc3)C(=O)N[C@H](C#N)C[C@@H]3CCCNC3=O)cc12. The molecule has 3 atom stereocenters. The summed E-state index contributed by atoms with van der Waals surface area (Å²) in [6, 6.07) is 16.8. The quantitative estimate of drug-likeness (QED) is 0.368. The maximum Gasteiger partial charge on any atom is 0.268 e. The van der Waals surface area contributed by atoms with E-state index in [2.05, 4.69) is 27.0 Å². The zero-order valence-electron chi connectivity index (χ0n) is 20.0. The van der Waals surface area contributed by atoms with Crippen molar-refractivity contribution >= 4 is 28.6 Å². The molecule has 9 nitrogen and oxygen atoms in total. The van der Waals surface area contributed by atoms with Crippen LogP contribution < -0.4 is 20.7 Å². The van der Waals surface area contributed by atoms with Crippen LogP contribution in [-0.2, 0) is 16.0 Å². The molecular weight excluding hydrogens is 458 g/mol. The predicted octanol–water partition coefficient (Wildman–Crippen LogP) is 2.44. The molecule has 186 valence electrons. The zero-order chi connectivity index (χ0) is 25.5. The summed E-state index contributed by atoms with van der Waals surface area (Å²) in [4.78, 5) is 41.6. The van der Waals surface area contributed by atoms with Crippen molar-refractivity contribution in [2.45, 2.75) is 37.8 Å². The Morgan fingerprint density at radius 2 is 1.97 bits per heavy atom. The van der Waals surface area contributed by atoms with Crippen LogP contribution in [0.3, 0.4) is 0 Å². The van der Waals surface area contributed by atoms with Crippen LogP contribution in [0.1, 0.15) is 35.3 Å². The van der Waals surface area contributed by atoms with Crippen molar-refractivity contribution in [2.75, 3.05) is 13.7 Å². The van der Waals surface area contributed by atoms with Gasteiger partial charge in [-0.2, -0.15) is 5.26 Å². The molecule has 36 heavy (non-hydrogen) atoms. The van der Waals surface area contributed by atoms with Crippen molar-refractivity contribution < 1.29 is 19.1 Å². The van der Waals surface area contributed by atoms with Crippen LogP contribution in [-0.4, -0.2) is 48.4 Å². The minimum Gasteiger partial charge on any atom is -0.496 e. The lowest BCUT2D eigenvalue weighted by atomic mass is 9.92. The Kier molecular flexibility index (Phi) is 7.85. The van der Waals surface area contributed by atoms with Gasteiger partial charge in [0.2, 0.25) is 11.8 Å². The number of aromatic nitrogens is 1. The van der Waals surface area contributed by atoms with Gasteiger partial charge in [0.25, 0.3) is 5.91 Å². The summed E-state index contributed by atoms with van der Waals surface area (Å²) < 4.78 is 5.37. The van der Waals surface area contributed by atoms with Crippen molar-refractivity contribution in [1.29, 1.82) is 5.26 Å². The van der Waals surface area contributed by atoms with Gasteiger partial charge in [-0.3, -0.25) is 14.4 Å². The third-order valence-electron chi connectivity index (χ3n) is 6.39. The van der Waals surface area contributed by atoms with E-state index in [4.69, 9.17) is 4.74 Å². The lowest BCUT2D eigenvalue weighted by molar-refractivity contribution is -0.128. The number of carbonyl (C=O) groups is 3. The van der Waals surface area contributed by atoms with E-state index in [1.54, 1.807) is 19.2 Å². The molecule has 0 radical (unpaired) electrons. The van der Waals surface area contributed by atoms with Crippen molar-refractivity contribution in [3.63, 3.8) is 0 Å². The van der Waals surface area contributed by atoms with E-state index < -0.39 is 23.9 Å². The molecule has 1 aliphatic rings. The molecule has 4 N–H and O–H groups in total. The summed E-state index contributed by atoms with van der Waals surface area (Å²) in [6.45, 7) is 0.629. The van der Waals surface area contributed by atoms with Crippen LogP contribution >= 0.6 is 0 Å². The molecule has 2 aromatic carbocycles. The van der Waals surface area contributed by atoms with E-state index in [9.17, 15) is 19.6 Å². The van der Waals surface area contributed by atoms with Gasteiger partial charge >= 0.3 is 0 Å². The third-order valence-corrected chi connectivity index (χ3v) is 6.39. The van der Waals surface area contributed by atoms with Gasteiger partial charge in [-0.05, 0) is 43.0 Å². The molecule has 0 unspecified atom stereocenters. The minimum atomic E-state index is -0.927. The number of benzene rings is 2. The minimum absolute atomic E-state index is 0.0980. The lowest BCUT2D eigenvalue weighted by Gasteiger charge is -2.25. The number of hydrogen-bond acceptors (Lipinski definition) is 5. The van der Waals surface area contributed by atoms with Crippen LogP contribution in [0.2, 0.25) is 0 Å². The largest absolute Gasteiger partial charge is 0.496 e. The van der Waals surface area contributed by atoms with Gasteiger partial charge in [-0.15, -0.1) is 0 Å². The van der Waals surface area contributed by atoms with Gasteiger partial charge < -0.3 is 25.7 Å². The molecule has 1 saturated heterocycles. The second-order valence-corrected chi connectivity index (χ2v) is 8.88. The first kappa shape index (κ1) is 24.8. The highest BCUT2D eigenvalue weighted by molar-refractivity contribution is 6.01. The number of carbonyl (C=O) groups excluding carboxylic acids is 3. The van der Waals surface area contributed by atoms with Gasteiger partial charge in [0.05, 0.1) is 13.2 Å². The van der Waals surface area contributed by atoms with Crippen LogP contribution in [0.25, 0.3) is 10.9 Å². The number of nitrogens with zero attached hydrogens (tertiary/aromatic N) is 1. The predicted molar refractivity (Wildman–Crippen MR) is 134 cm³/mol. The van der Waals surface area contributed by atoms with E-state index in [0.29, 0.717) is 18.7 Å². The van der Waals surface area contributed by atoms with E-state index in [0.717, 1.165) is 22.9 Å². The molecule has 0 bridgehead atoms. The van der Waals surface area contributed by atoms with Crippen molar-refractivity contribution in [2.24, 2.45) is 5.92 Å². The second-order valence-electron chi connectivity index (χ2n) is 8.88. The number of amides is 3. The van der Waals surface area contributed by atoms with Crippen LogP contribution in [0, 0.1) is 17.2 Å². The summed E-state index contributed by atoms with van der Waals surface area (Å²) in [6.07, 6.45) is 1.98. The van der Waals surface area contributed by atoms with E-state index in [1.165, 1.54) is 0 Å². The van der Waals surface area contributed by atoms with E-state index in [-0.39, 0.29) is 30.4 Å². The van der Waals surface area contributed by atoms with Crippen LogP contribution in [0.4, 0.5) is 0 Å². The fourth-order valence-electron chi connectivity index (χ4n) is 4.48. The lowest BCUT2D eigenvalue weighted by Crippen LogP contribution is -2.51. The number of methoxy groups -OCH3 is 1. The van der Waals surface area contributed by atoms with Crippen LogP contribution in [0.15, 0.2) is 54.6 Å². The molecule has 1 aliphatic heterocycles. The standard InChI is InChI=1S/C27H29N5O4/c1-36-24-11-5-10-21-20(24)15-23(31-21)27(35)32-22(13-17-7-3-2-4-8-17)26(34)30-19(16-28)14-18-9-6-12-29-25(18)33/h2-5,7-8,10-11,15,18-19,22,31H,6,9,12-14H2,1H3,(H,29,33)(H,30,34)(H,32,35)/t18-,19-,22-/m0/s1. The maximum absolute atomic E-state index is 13.3. The molecule has 9 heteroatoms. The smallest absolute Gasteiger partial charge is 0.268 e. The summed E-state index contributed by atoms with van der Waals surface area (Å²) in [5, 5.41) is 18.8. The Bertz CT molecular complexity index is 1280. The number of rotatable bonds is 9. The number of H-pyrrole nitrogens is 1. The fourth-order valence-corrected chi connectivity index (χ4v) is 4.48. The highest BCUT2D eigenvalue weighted by atomic mass is 16.5. The Labute approximate surface area is 209 Å². The molecule has 3 amide bonds. The Balaban J connectivity index is 1.51. The Morgan fingerprint density at radius 1 is 1.17 bits per heavy atom. The molecule has 1 aromatic heterocycles. The van der Waals surface area contributed by atoms with E-state index in [1.807, 2.05) is 42.5 Å². The summed E-state index contributed by atoms with van der Waals surface area (Å²) >= 11 is 0. The molecule has 0 saturated carbocycles. The number of fused-ring (bicyclic) bond motifs is 1. The second kappa shape index (κ2) is 11.4. The first-order valence-electron chi connectivity index (χ1n) is 12.0. The number of hydrogen-bond donors (Lipinski definition) is 4. The number of nitrogens with one attached hydrogen (secondary N) is 4. The highest BCUT2D eigenvalue weighted by Gasteiger charge is 2.29. The summed E-state index contributed by atoms with van der Waals surface area (Å²) in [5.74, 6) is -0.732. The van der Waals surface area contributed by atoms with Gasteiger partial charge in [0.1, 0.15) is 23.5 Å². The highest BCUT2D eigenvalue weighted by Crippen LogP contribution is 2.26. The first-order valence-corrected chi connectivity index (χ1v) is 12.0. The molecule has 3 aromatic rings. The fraction of sp³-hybridized carbons (Fsp3) is 0.333. The molecule has 4 rings (SSSR count). The number of piperidine rings is 1. The van der Waals surface area contributed by atoms with Crippen molar-refractivity contribution in [1.82, 2.24) is 20.9 Å². The van der Waals surface area contributed by atoms with Crippen molar-refractivity contribution in [3.8, 4) is 11.8 Å². The topological polar surface area (TPSA) is 136 Å². The summed E-state index contributed by atoms with van der Waals surface area (Å²) in [5.41, 5.74) is 1.88. The number of ether oxygens (including phenoxy) is 1. The normalized spacial score (nSPS) is 16.9. The number of aromatic amines is 1. The zero-order valence-corrected chi connectivity index (χ0v) is 20.0. The summed E-state index contributed by atoms with van der Waals surface area (Å²) in [7, 11) is 1.56. The average molecular weight is 488 g/mol. The molecule has 2 heterocycles. The number of nitriles is 1. The van der Waals surface area contributed by atoms with Gasteiger partial charge in [-0.1, -0.05) is 36.4 Å². The van der Waals surface area contributed by atoms with Gasteiger partial charge in [0, 0.05) is 29.8 Å². The third kappa shape index (κ3) is 5.84. The molecule has 1 fully saturated rings. The first-order chi connectivity index (χ1) is 17.5. The van der Waals surface area contributed by atoms with E-state index >= 15 is 0 Å². The van der Waals surface area contributed by atoms with Crippen LogP contribution in [0.5, 0.6) is 5.75 Å². The monoisotopic (exact) mass is 487 g/mol. The van der Waals surface area contributed by atoms with Gasteiger partial charge in [0.15, 0.2) is 0 Å². The average Bonchev–Trinajstić information content (AvgIpc) is 3.34. The Morgan fingerprint density at radius 3 is 2.69 bits per heavy atom. The molecule has 0 spiro atoms. The molecular formula is C27H29N5O4. The van der Waals surface area contributed by atoms with Crippen molar-refractivity contribution in [3.05, 3.63) is 65.9 Å². The van der Waals surface area contributed by atoms with Gasteiger partial charge in [-0.25, -0.2) is 0 Å². The Hall–Kier alpha value is -4.32. The maximum atomic E-state index is 13.3. The molecule has 0 aliphatic carbocycles.